The van der Waals surface area contributed by atoms with Crippen LogP contribution in [0.5, 0.6) is 0 Å². The number of nitrogens with zero attached hydrogens (tertiary/aromatic N) is 1. The summed E-state index contributed by atoms with van der Waals surface area (Å²) in [7, 11) is 0. The van der Waals surface area contributed by atoms with Gasteiger partial charge in [0.2, 0.25) is 0 Å². The molecule has 3 heteroatoms. The van der Waals surface area contributed by atoms with E-state index < -0.39 is 0 Å². The fraction of sp³-hybridized carbons (Fsp3) is 0.717. The summed E-state index contributed by atoms with van der Waals surface area (Å²) in [4.78, 5) is 5.80. The smallest absolute Gasteiger partial charge is 0.167 e. The number of unbranched alkanes of at least 4 members (excludes halogenated alkanes) is 26. The molecule has 0 saturated carbocycles. The van der Waals surface area contributed by atoms with Gasteiger partial charge >= 0.3 is 0 Å². The van der Waals surface area contributed by atoms with E-state index in [4.69, 9.17) is 0 Å². The Morgan fingerprint density at radius 3 is 1.16 bits per heavy atom. The van der Waals surface area contributed by atoms with Crippen molar-refractivity contribution in [2.24, 2.45) is 0 Å². The van der Waals surface area contributed by atoms with Gasteiger partial charge < -0.3 is 28.9 Å². The Labute approximate surface area is 323 Å². The van der Waals surface area contributed by atoms with Gasteiger partial charge in [-0.3, -0.25) is 0 Å². The average molecular weight is 787 g/mol. The number of H-pyrrole nitrogens is 1. The fourth-order valence-electron chi connectivity index (χ4n) is 7.05. The van der Waals surface area contributed by atoms with Crippen LogP contribution in [0.25, 0.3) is 6.08 Å². The molecule has 49 heavy (non-hydrogen) atoms. The molecule has 2 nitrogen and oxygen atoms in total. The highest BCUT2D eigenvalue weighted by atomic mass is 127. The molecule has 0 fully saturated rings. The van der Waals surface area contributed by atoms with Gasteiger partial charge in [-0.2, -0.15) is 0 Å². The Balaban J connectivity index is 0.0000120. The second-order valence-corrected chi connectivity index (χ2v) is 14.8. The maximum atomic E-state index is 3.11. The van der Waals surface area contributed by atoms with Crippen molar-refractivity contribution in [2.75, 3.05) is 18.0 Å². The number of rotatable bonds is 34. The lowest BCUT2D eigenvalue weighted by Gasteiger charge is -2.25. The van der Waals surface area contributed by atoms with E-state index in [0.717, 1.165) is 6.42 Å². The van der Waals surface area contributed by atoms with Crippen LogP contribution in [0, 0.1) is 0 Å². The van der Waals surface area contributed by atoms with Crippen molar-refractivity contribution >= 4 is 11.8 Å². The van der Waals surface area contributed by atoms with E-state index in [1.54, 1.807) is 0 Å². The lowest BCUT2D eigenvalue weighted by atomic mass is 10.0. The number of hydrogen-bond donors (Lipinski definition) is 0. The summed E-state index contributed by atoms with van der Waals surface area (Å²) in [6.07, 6.45) is 49.5. The van der Waals surface area contributed by atoms with Crippen LogP contribution in [-0.4, -0.2) is 13.1 Å². The van der Waals surface area contributed by atoms with Gasteiger partial charge in [0.15, 0.2) is 12.4 Å². The minimum absolute atomic E-state index is 0. The van der Waals surface area contributed by atoms with Gasteiger partial charge in [-0.1, -0.05) is 205 Å². The molecule has 0 bridgehead atoms. The van der Waals surface area contributed by atoms with Gasteiger partial charge in [0.1, 0.15) is 0 Å². The quantitative estimate of drug-likeness (QED) is 0.0510. The Kier molecular flexibility index (Phi) is 32.7. The zero-order chi connectivity index (χ0) is 34.0. The first-order valence-corrected chi connectivity index (χ1v) is 21.3. The van der Waals surface area contributed by atoms with Crippen LogP contribution in [0.1, 0.15) is 205 Å². The summed E-state index contributed by atoms with van der Waals surface area (Å²) in [5.41, 5.74) is 4.05. The van der Waals surface area contributed by atoms with Crippen molar-refractivity contribution in [1.82, 2.24) is 0 Å². The van der Waals surface area contributed by atoms with Crippen LogP contribution >= 0.6 is 0 Å². The fourth-order valence-corrected chi connectivity index (χ4v) is 7.05. The van der Waals surface area contributed by atoms with Crippen molar-refractivity contribution < 1.29 is 29.0 Å². The van der Waals surface area contributed by atoms with Crippen molar-refractivity contribution in [2.45, 2.75) is 200 Å². The molecule has 0 aliphatic carbocycles. The van der Waals surface area contributed by atoms with E-state index in [1.807, 2.05) is 12.4 Å². The third-order valence-corrected chi connectivity index (χ3v) is 10.3. The van der Waals surface area contributed by atoms with Crippen LogP contribution in [-0.2, 0) is 6.42 Å². The van der Waals surface area contributed by atoms with Gasteiger partial charge in [-0.15, -0.1) is 0 Å². The summed E-state index contributed by atoms with van der Waals surface area (Å²) in [6.45, 7) is 7.03. The molecule has 0 aliphatic heterocycles. The Bertz CT molecular complexity index is 925. The van der Waals surface area contributed by atoms with Crippen LogP contribution in [0.4, 0.5) is 5.69 Å². The minimum atomic E-state index is 0. The number of anilines is 1. The van der Waals surface area contributed by atoms with Gasteiger partial charge in [-0.25, -0.2) is 4.98 Å². The number of benzene rings is 1. The maximum absolute atomic E-state index is 3.11. The van der Waals surface area contributed by atoms with Crippen molar-refractivity contribution in [3.05, 3.63) is 66.0 Å². The summed E-state index contributed by atoms with van der Waals surface area (Å²) in [6, 6.07) is 13.7. The monoisotopic (exact) mass is 787 g/mol. The number of allylic oxidation sites excluding steroid dienone is 1. The molecule has 0 aliphatic rings. The number of nitrogens with one attached hydrogen (secondary N) is 1. The predicted molar refractivity (Wildman–Crippen MR) is 215 cm³/mol. The first kappa shape index (κ1) is 45.7. The number of pyridine rings is 1. The van der Waals surface area contributed by atoms with E-state index in [2.05, 4.69) is 72.3 Å². The third-order valence-electron chi connectivity index (χ3n) is 10.3. The normalized spacial score (nSPS) is 11.3. The molecule has 1 aromatic carbocycles. The molecule has 1 heterocycles. The molecule has 0 amide bonds. The summed E-state index contributed by atoms with van der Waals surface area (Å²) in [5.74, 6) is 0. The molecular weight excluding hydrogens is 707 g/mol. The van der Waals surface area contributed by atoms with E-state index >= 15 is 0 Å². The molecule has 0 unspecified atom stereocenters. The van der Waals surface area contributed by atoms with Crippen LogP contribution in [0.3, 0.4) is 0 Å². The lowest BCUT2D eigenvalue weighted by molar-refractivity contribution is -0.378. The molecule has 0 atom stereocenters. The molecule has 0 spiro atoms. The summed E-state index contributed by atoms with van der Waals surface area (Å²) >= 11 is 0. The number of hydrogen-bond acceptors (Lipinski definition) is 1. The largest absolute Gasteiger partial charge is 1.00 e. The highest BCUT2D eigenvalue weighted by Gasteiger charge is 2.07. The first-order valence-electron chi connectivity index (χ1n) is 21.3. The molecule has 0 saturated heterocycles. The molecule has 1 aromatic heterocycles. The summed E-state index contributed by atoms with van der Waals surface area (Å²) in [5, 5.41) is 0. The molecule has 0 radical (unpaired) electrons. The van der Waals surface area contributed by atoms with Gasteiger partial charge in [-0.05, 0) is 42.5 Å². The van der Waals surface area contributed by atoms with Gasteiger partial charge in [0, 0.05) is 30.9 Å². The Morgan fingerprint density at radius 2 is 0.796 bits per heavy atom. The molecule has 280 valence electrons. The summed E-state index contributed by atoms with van der Waals surface area (Å²) < 4.78 is 0. The maximum Gasteiger partial charge on any atom is 0.167 e. The van der Waals surface area contributed by atoms with Crippen molar-refractivity contribution in [3.8, 4) is 0 Å². The topological polar surface area (TPSA) is 17.4 Å². The van der Waals surface area contributed by atoms with Crippen LogP contribution in [0.2, 0.25) is 0 Å². The highest BCUT2D eigenvalue weighted by Crippen LogP contribution is 2.20. The number of aromatic nitrogens is 1. The minimum Gasteiger partial charge on any atom is -1.00 e. The zero-order valence-corrected chi connectivity index (χ0v) is 34.7. The van der Waals surface area contributed by atoms with E-state index in [-0.39, 0.29) is 24.0 Å². The molecule has 2 aromatic rings. The van der Waals surface area contributed by atoms with Gasteiger partial charge in [0.25, 0.3) is 0 Å². The predicted octanol–water partition coefficient (Wildman–Crippen LogP) is 11.5. The standard InChI is InChI=1S/C46H78N2.HI/c1-3-5-7-9-11-13-15-17-19-21-23-25-27-29-42-48(43-30-28-26-24-22-20-18-16-14-12-10-8-6-4-2)46-36-34-44(35-37-46)32-31-33-45-38-40-47-41-39-45;/h31-32,34-41H,3-30,33,42-43H2,1-2H3;1H. The Morgan fingerprint density at radius 1 is 0.449 bits per heavy atom. The molecule has 2 rings (SSSR count). The van der Waals surface area contributed by atoms with Gasteiger partial charge in [0.05, 0.1) is 0 Å². The van der Waals surface area contributed by atoms with E-state index in [1.165, 1.54) is 210 Å². The van der Waals surface area contributed by atoms with Crippen LogP contribution < -0.4 is 33.9 Å². The zero-order valence-electron chi connectivity index (χ0n) is 32.5. The van der Waals surface area contributed by atoms with Crippen LogP contribution in [0.15, 0.2) is 54.9 Å². The molecular formula is C46H79IN2. The first-order chi connectivity index (χ1) is 23.8. The number of aromatic amines is 1. The SMILES string of the molecule is CCCCCCCCCCCCCCCCN(CCCCCCCCCCCCCCCC)c1ccc(C=CCc2cc[nH+]cc2)cc1.[I-]. The Hall–Kier alpha value is -1.36. The van der Waals surface area contributed by atoms with Crippen molar-refractivity contribution in [3.63, 3.8) is 0 Å². The van der Waals surface area contributed by atoms with E-state index in [9.17, 15) is 0 Å². The number of halogens is 1. The third kappa shape index (κ3) is 27.0. The molecule has 1 N–H and O–H groups in total. The second kappa shape index (κ2) is 35.1. The average Bonchev–Trinajstić information content (AvgIpc) is 3.12. The highest BCUT2D eigenvalue weighted by molar-refractivity contribution is 5.56. The lowest BCUT2D eigenvalue weighted by Crippen LogP contribution is -3.00. The van der Waals surface area contributed by atoms with E-state index in [0.29, 0.717) is 0 Å². The second-order valence-electron chi connectivity index (χ2n) is 14.8. The van der Waals surface area contributed by atoms with Crippen molar-refractivity contribution in [1.29, 1.82) is 0 Å².